The molecular formula is C41H56Cl4N4O10. The van der Waals surface area contributed by atoms with Gasteiger partial charge in [0, 0.05) is 57.1 Å². The second-order valence-corrected chi connectivity index (χ2v) is 16.9. The molecule has 4 rings (SSSR count). The first kappa shape index (κ1) is 50.0. The van der Waals surface area contributed by atoms with Gasteiger partial charge in [0.15, 0.2) is 0 Å². The molecule has 2 fully saturated rings. The van der Waals surface area contributed by atoms with Crippen LogP contribution in [-0.2, 0) is 46.5 Å². The minimum atomic E-state index is -0.868. The number of amides is 3. The van der Waals surface area contributed by atoms with E-state index in [1.54, 1.807) is 48.8 Å². The van der Waals surface area contributed by atoms with E-state index in [4.69, 9.17) is 51.1 Å². The minimum Gasteiger partial charge on any atom is -0.469 e. The summed E-state index contributed by atoms with van der Waals surface area (Å²) < 4.78 is 14.7. The Labute approximate surface area is 366 Å². The zero-order valence-corrected chi connectivity index (χ0v) is 37.2. The van der Waals surface area contributed by atoms with E-state index in [1.807, 2.05) is 18.2 Å². The van der Waals surface area contributed by atoms with Gasteiger partial charge in [0.05, 0.1) is 66.4 Å². The Morgan fingerprint density at radius 3 is 1.64 bits per heavy atom. The molecule has 328 valence electrons. The highest BCUT2D eigenvalue weighted by molar-refractivity contribution is 6.43. The SMILES string of the molecule is COC(=O)CCN(C(=O)OC(C)(C)C)[C@H](CO)CC(=O)N(Cc1cccc(Cl)c1Cl)C1CC1.COC(=O)CCN[C@H](CO)CC(=O)N(Cc1cccc(Cl)c1Cl)C1CC1. The molecule has 2 saturated carbocycles. The van der Waals surface area contributed by atoms with Crippen LogP contribution in [0.2, 0.25) is 20.1 Å². The number of nitrogens with zero attached hydrogens (tertiary/aromatic N) is 3. The Kier molecular flexibility index (Phi) is 20.5. The summed E-state index contributed by atoms with van der Waals surface area (Å²) in [7, 11) is 2.57. The number of aliphatic hydroxyl groups is 2. The van der Waals surface area contributed by atoms with E-state index in [0.29, 0.717) is 33.2 Å². The van der Waals surface area contributed by atoms with Gasteiger partial charge in [-0.3, -0.25) is 19.2 Å². The number of benzene rings is 2. The van der Waals surface area contributed by atoms with Gasteiger partial charge >= 0.3 is 18.0 Å². The lowest BCUT2D eigenvalue weighted by Crippen LogP contribution is -2.48. The number of aliphatic hydroxyl groups excluding tert-OH is 2. The summed E-state index contributed by atoms with van der Waals surface area (Å²) in [5, 5.41) is 24.3. The van der Waals surface area contributed by atoms with Crippen LogP contribution in [0.4, 0.5) is 4.79 Å². The summed E-state index contributed by atoms with van der Waals surface area (Å²) in [6.45, 7) is 5.44. The van der Waals surface area contributed by atoms with E-state index in [2.05, 4.69) is 14.8 Å². The third-order valence-corrected chi connectivity index (χ3v) is 11.2. The van der Waals surface area contributed by atoms with Crippen molar-refractivity contribution in [2.45, 2.75) is 115 Å². The predicted molar refractivity (Wildman–Crippen MR) is 225 cm³/mol. The zero-order valence-electron chi connectivity index (χ0n) is 34.2. The fraction of sp³-hybridized carbons (Fsp3) is 0.585. The maximum atomic E-state index is 13.3. The van der Waals surface area contributed by atoms with Crippen LogP contribution in [-0.4, -0.2) is 125 Å². The molecule has 0 aliphatic heterocycles. The number of ether oxygens (including phenoxy) is 3. The lowest BCUT2D eigenvalue weighted by Gasteiger charge is -2.33. The van der Waals surface area contributed by atoms with Crippen molar-refractivity contribution in [3.05, 3.63) is 67.6 Å². The first-order chi connectivity index (χ1) is 27.9. The summed E-state index contributed by atoms with van der Waals surface area (Å²) in [5.41, 5.74) is 0.742. The van der Waals surface area contributed by atoms with E-state index in [1.165, 1.54) is 19.1 Å². The summed E-state index contributed by atoms with van der Waals surface area (Å²) in [4.78, 5) is 66.4. The van der Waals surface area contributed by atoms with Crippen molar-refractivity contribution in [3.8, 4) is 0 Å². The molecule has 0 radical (unpaired) electrons. The monoisotopic (exact) mass is 904 g/mol. The van der Waals surface area contributed by atoms with Crippen LogP contribution in [0.5, 0.6) is 0 Å². The normalized spacial score (nSPS) is 14.6. The van der Waals surface area contributed by atoms with E-state index in [9.17, 15) is 34.2 Å². The molecule has 59 heavy (non-hydrogen) atoms. The highest BCUT2D eigenvalue weighted by atomic mass is 35.5. The lowest BCUT2D eigenvalue weighted by molar-refractivity contribution is -0.141. The van der Waals surface area contributed by atoms with Gasteiger partial charge in [-0.15, -0.1) is 0 Å². The molecule has 2 aromatic carbocycles. The molecule has 2 atom stereocenters. The van der Waals surface area contributed by atoms with Crippen molar-refractivity contribution in [1.29, 1.82) is 0 Å². The topological polar surface area (TPSA) is 175 Å². The van der Waals surface area contributed by atoms with Crippen molar-refractivity contribution in [2.24, 2.45) is 0 Å². The number of hydrogen-bond acceptors (Lipinski definition) is 11. The molecule has 0 spiro atoms. The van der Waals surface area contributed by atoms with Crippen LogP contribution in [0.25, 0.3) is 0 Å². The number of carbonyl (C=O) groups excluding carboxylic acids is 5. The first-order valence-electron chi connectivity index (χ1n) is 19.5. The molecule has 18 heteroatoms. The fourth-order valence-corrected chi connectivity index (χ4v) is 6.74. The lowest BCUT2D eigenvalue weighted by atomic mass is 10.1. The Morgan fingerprint density at radius 1 is 0.746 bits per heavy atom. The van der Waals surface area contributed by atoms with Crippen molar-refractivity contribution < 1.29 is 48.4 Å². The van der Waals surface area contributed by atoms with Crippen LogP contribution in [0.3, 0.4) is 0 Å². The molecular weight excluding hydrogens is 850 g/mol. The second kappa shape index (κ2) is 24.2. The molecule has 2 aliphatic carbocycles. The van der Waals surface area contributed by atoms with Crippen LogP contribution < -0.4 is 5.32 Å². The van der Waals surface area contributed by atoms with Crippen molar-refractivity contribution in [3.63, 3.8) is 0 Å². The van der Waals surface area contributed by atoms with Crippen LogP contribution in [0.1, 0.15) is 83.3 Å². The molecule has 0 aromatic heterocycles. The highest BCUT2D eigenvalue weighted by Crippen LogP contribution is 2.34. The molecule has 0 bridgehead atoms. The van der Waals surface area contributed by atoms with Gasteiger partial charge in [0.2, 0.25) is 11.8 Å². The maximum Gasteiger partial charge on any atom is 0.410 e. The number of rotatable bonds is 20. The van der Waals surface area contributed by atoms with Gasteiger partial charge < -0.3 is 44.4 Å². The number of methoxy groups -OCH3 is 2. The number of hydrogen-bond donors (Lipinski definition) is 3. The van der Waals surface area contributed by atoms with Gasteiger partial charge in [-0.25, -0.2) is 4.79 Å². The zero-order chi connectivity index (χ0) is 43.9. The van der Waals surface area contributed by atoms with Crippen LogP contribution >= 0.6 is 46.4 Å². The molecule has 3 amide bonds. The third-order valence-electron chi connectivity index (χ3n) is 9.47. The molecule has 0 heterocycles. The van der Waals surface area contributed by atoms with Gasteiger partial charge in [-0.1, -0.05) is 70.7 Å². The van der Waals surface area contributed by atoms with E-state index >= 15 is 0 Å². The van der Waals surface area contributed by atoms with Gasteiger partial charge in [0.25, 0.3) is 0 Å². The van der Waals surface area contributed by atoms with Gasteiger partial charge in [0.1, 0.15) is 5.60 Å². The molecule has 3 N–H and O–H groups in total. The van der Waals surface area contributed by atoms with Crippen molar-refractivity contribution in [2.75, 3.05) is 40.5 Å². The second-order valence-electron chi connectivity index (χ2n) is 15.3. The standard InChI is InChI=1S/C23H32Cl2N2O6.C18H24Cl2N2O4/c1-23(2,3)33-22(31)26(11-10-20(30)32-4)17(14-28)12-19(29)27(16-8-9-16)13-15-6-5-7-18(24)21(15)25;1-26-17(25)7-8-21-13(11-23)9-16(24)22(14-5-6-14)10-12-3-2-4-15(19)18(12)20/h5-7,16-17,28H,8-14H2,1-4H3;2-4,13-14,21,23H,5-11H2,1H3/t17-;13-/m00/s1. The van der Waals surface area contributed by atoms with Gasteiger partial charge in [-0.2, -0.15) is 0 Å². The summed E-state index contributed by atoms with van der Waals surface area (Å²) in [6, 6.07) is 9.62. The average Bonchev–Trinajstić information content (AvgIpc) is 4.13. The van der Waals surface area contributed by atoms with E-state index in [-0.39, 0.29) is 75.2 Å². The van der Waals surface area contributed by atoms with E-state index in [0.717, 1.165) is 36.8 Å². The Bertz CT molecular complexity index is 1740. The maximum absolute atomic E-state index is 13.3. The Balaban J connectivity index is 0.000000324. The van der Waals surface area contributed by atoms with Crippen LogP contribution in [0.15, 0.2) is 36.4 Å². The predicted octanol–water partition coefficient (Wildman–Crippen LogP) is 6.42. The Morgan fingerprint density at radius 2 is 1.22 bits per heavy atom. The quantitative estimate of drug-likeness (QED) is 0.0988. The molecule has 0 saturated heterocycles. The fourth-order valence-electron chi connectivity index (χ4n) is 5.98. The molecule has 14 nitrogen and oxygen atoms in total. The minimum absolute atomic E-state index is 0.0519. The van der Waals surface area contributed by atoms with Crippen LogP contribution in [0, 0.1) is 0 Å². The number of carbonyl (C=O) groups is 5. The molecule has 2 aliphatic rings. The van der Waals surface area contributed by atoms with Crippen molar-refractivity contribution >= 4 is 76.2 Å². The Hall–Kier alpha value is -3.37. The van der Waals surface area contributed by atoms with Crippen molar-refractivity contribution in [1.82, 2.24) is 20.0 Å². The largest absolute Gasteiger partial charge is 0.469 e. The smallest absolute Gasteiger partial charge is 0.410 e. The summed E-state index contributed by atoms with van der Waals surface area (Å²) in [6.07, 6.45) is 3.05. The summed E-state index contributed by atoms with van der Waals surface area (Å²) in [5.74, 6) is -1.15. The van der Waals surface area contributed by atoms with Gasteiger partial charge in [-0.05, 0) is 69.7 Å². The van der Waals surface area contributed by atoms with E-state index < -0.39 is 36.4 Å². The first-order valence-corrected chi connectivity index (χ1v) is 21.0. The average molecular weight is 907 g/mol. The highest BCUT2D eigenvalue weighted by Gasteiger charge is 2.37. The molecule has 2 aromatic rings. The number of esters is 2. The molecule has 0 unspecified atom stereocenters. The number of halogens is 4. The number of nitrogens with one attached hydrogen (secondary N) is 1. The summed E-state index contributed by atoms with van der Waals surface area (Å²) >= 11 is 24.7. The third kappa shape index (κ3) is 16.9.